The molecule has 2 amide bonds. The smallest absolute Gasteiger partial charge is 0.240 e. The number of halogens is 3. The van der Waals surface area contributed by atoms with Crippen LogP contribution in [0.4, 0.5) is 5.69 Å². The number of ketones is 2. The number of nitrogens with zero attached hydrogens (tertiary/aromatic N) is 2. The Balaban J connectivity index is 1.44. The Morgan fingerprint density at radius 2 is 1.36 bits per heavy atom. The highest BCUT2D eigenvalue weighted by Gasteiger charge is 2.63. The molecule has 3 aliphatic heterocycles. The molecule has 0 saturated carbocycles. The Morgan fingerprint density at radius 1 is 0.718 bits per heavy atom. The first-order chi connectivity index (χ1) is 18.7. The van der Waals surface area contributed by atoms with Crippen LogP contribution < -0.4 is 4.90 Å². The number of benzene rings is 3. The lowest BCUT2D eigenvalue weighted by molar-refractivity contribution is -0.123. The number of hydrogen-bond acceptors (Lipinski definition) is 5. The van der Waals surface area contributed by atoms with E-state index in [9.17, 15) is 19.2 Å². The second-order valence-corrected chi connectivity index (χ2v) is 10.9. The van der Waals surface area contributed by atoms with Crippen LogP contribution in [0.2, 0.25) is 15.1 Å². The maximum absolute atomic E-state index is 13.9. The first-order valence-electron chi connectivity index (χ1n) is 12.2. The topological polar surface area (TPSA) is 74.8 Å². The molecule has 2 saturated heterocycles. The van der Waals surface area contributed by atoms with Crippen LogP contribution in [0.25, 0.3) is 0 Å². The molecule has 0 aromatic heterocycles. The Kier molecular flexibility index (Phi) is 6.42. The predicted octanol–water partition coefficient (Wildman–Crippen LogP) is 6.02. The molecule has 0 spiro atoms. The lowest BCUT2D eigenvalue weighted by atomic mass is 9.85. The van der Waals surface area contributed by atoms with Crippen molar-refractivity contribution in [2.75, 3.05) is 4.90 Å². The molecule has 2 fully saturated rings. The minimum absolute atomic E-state index is 0.217. The van der Waals surface area contributed by atoms with E-state index in [2.05, 4.69) is 0 Å². The highest BCUT2D eigenvalue weighted by atomic mass is 35.5. The Hall–Kier alpha value is -3.71. The van der Waals surface area contributed by atoms with Gasteiger partial charge in [0, 0.05) is 38.0 Å². The van der Waals surface area contributed by atoms with Crippen molar-refractivity contribution in [1.82, 2.24) is 4.90 Å². The molecule has 6 rings (SSSR count). The van der Waals surface area contributed by atoms with Crippen molar-refractivity contribution in [3.63, 3.8) is 0 Å². The number of hydrogen-bond donors (Lipinski definition) is 0. The number of imide groups is 1. The Bertz CT molecular complexity index is 1580. The second kappa shape index (κ2) is 9.79. The first-order valence-corrected chi connectivity index (χ1v) is 13.3. The fourth-order valence-corrected chi connectivity index (χ4v) is 6.30. The molecule has 0 radical (unpaired) electrons. The molecule has 0 N–H and O–H groups in total. The van der Waals surface area contributed by atoms with Gasteiger partial charge in [0.05, 0.1) is 23.6 Å². The van der Waals surface area contributed by atoms with Crippen LogP contribution in [0.1, 0.15) is 20.7 Å². The van der Waals surface area contributed by atoms with Gasteiger partial charge in [0.25, 0.3) is 0 Å². The maximum Gasteiger partial charge on any atom is 0.240 e. The number of fused-ring (bicyclic) bond motifs is 3. The summed E-state index contributed by atoms with van der Waals surface area (Å²) in [6, 6.07) is 18.0. The average molecular weight is 578 g/mol. The molecule has 9 heteroatoms. The lowest BCUT2D eigenvalue weighted by Gasteiger charge is -2.32. The molecule has 3 aromatic rings. The molecule has 3 aromatic carbocycles. The second-order valence-electron chi connectivity index (χ2n) is 9.58. The van der Waals surface area contributed by atoms with Gasteiger partial charge in [-0.2, -0.15) is 0 Å². The van der Waals surface area contributed by atoms with Gasteiger partial charge in [0.15, 0.2) is 11.6 Å². The van der Waals surface area contributed by atoms with Crippen LogP contribution in [0.5, 0.6) is 0 Å². The van der Waals surface area contributed by atoms with E-state index < -0.39 is 35.7 Å². The van der Waals surface area contributed by atoms with Gasteiger partial charge < -0.3 is 4.90 Å². The van der Waals surface area contributed by atoms with Crippen molar-refractivity contribution in [3.8, 4) is 0 Å². The van der Waals surface area contributed by atoms with Gasteiger partial charge in [0.1, 0.15) is 6.04 Å². The van der Waals surface area contributed by atoms with Crippen molar-refractivity contribution in [2.24, 2.45) is 11.8 Å². The number of allylic oxidation sites excluding steroid dienone is 2. The van der Waals surface area contributed by atoms with Gasteiger partial charge in [-0.1, -0.05) is 71.2 Å². The zero-order valence-electron chi connectivity index (χ0n) is 20.1. The highest BCUT2D eigenvalue weighted by molar-refractivity contribution is 6.36. The number of anilines is 1. The van der Waals surface area contributed by atoms with Crippen LogP contribution in [-0.4, -0.2) is 40.4 Å². The first kappa shape index (κ1) is 25.6. The quantitative estimate of drug-likeness (QED) is 0.274. The molecular formula is C30H19Cl3N2O4. The van der Waals surface area contributed by atoms with Crippen LogP contribution in [0, 0.1) is 11.8 Å². The Morgan fingerprint density at radius 3 is 2.03 bits per heavy atom. The third-order valence-electron chi connectivity index (χ3n) is 7.35. The van der Waals surface area contributed by atoms with E-state index in [1.165, 1.54) is 18.2 Å². The summed E-state index contributed by atoms with van der Waals surface area (Å²) in [6.07, 6.45) is 4.94. The van der Waals surface area contributed by atoms with Crippen molar-refractivity contribution >= 4 is 63.9 Å². The van der Waals surface area contributed by atoms with E-state index in [0.717, 1.165) is 4.90 Å². The molecule has 3 aliphatic rings. The summed E-state index contributed by atoms with van der Waals surface area (Å²) in [5.41, 5.74) is 1.47. The van der Waals surface area contributed by atoms with Crippen LogP contribution in [0.3, 0.4) is 0 Å². The van der Waals surface area contributed by atoms with E-state index in [1.807, 2.05) is 6.07 Å². The molecule has 0 aliphatic carbocycles. The van der Waals surface area contributed by atoms with Gasteiger partial charge >= 0.3 is 0 Å². The van der Waals surface area contributed by atoms with Crippen molar-refractivity contribution in [1.29, 1.82) is 0 Å². The van der Waals surface area contributed by atoms with Crippen molar-refractivity contribution in [3.05, 3.63) is 123 Å². The SMILES string of the molecule is O=C(C1=C[C@@H]2[C@@H]3C(=O)N(c4cc(Cl)cc(Cl)c4)C(=O)[C@H]3[C@H](C(=O)c3ccc(Cl)cc3)N2C=C1)c1ccccc1. The monoisotopic (exact) mass is 576 g/mol. The fraction of sp³-hybridized carbons (Fsp3) is 0.133. The van der Waals surface area contributed by atoms with Gasteiger partial charge in [-0.25, -0.2) is 4.90 Å². The van der Waals surface area contributed by atoms with Crippen LogP contribution in [0.15, 0.2) is 96.7 Å². The zero-order valence-corrected chi connectivity index (χ0v) is 22.4. The lowest BCUT2D eigenvalue weighted by Crippen LogP contribution is -2.46. The predicted molar refractivity (Wildman–Crippen MR) is 149 cm³/mol. The minimum atomic E-state index is -0.990. The van der Waals surface area contributed by atoms with Gasteiger partial charge in [0.2, 0.25) is 11.8 Å². The molecule has 0 unspecified atom stereocenters. The molecule has 3 heterocycles. The molecule has 6 nitrogen and oxygen atoms in total. The number of carbonyl (C=O) groups excluding carboxylic acids is 4. The van der Waals surface area contributed by atoms with E-state index in [-0.39, 0.29) is 27.3 Å². The third kappa shape index (κ3) is 4.29. The summed E-state index contributed by atoms with van der Waals surface area (Å²) in [5, 5.41) is 0.998. The number of amides is 2. The van der Waals surface area contributed by atoms with E-state index in [4.69, 9.17) is 34.8 Å². The summed E-state index contributed by atoms with van der Waals surface area (Å²) in [4.78, 5) is 57.7. The Labute approximate surface area is 239 Å². The maximum atomic E-state index is 13.9. The normalized spacial score (nSPS) is 23.5. The van der Waals surface area contributed by atoms with Crippen LogP contribution in [-0.2, 0) is 9.59 Å². The standard InChI is InChI=1S/C30H19Cl3N2O4/c31-19-8-6-17(7-9-19)28(37)26-25-24(29(38)35(30(25)39)22-14-20(32)13-21(33)15-22)23-12-18(10-11-34(23)26)27(36)16-4-2-1-3-5-16/h1-15,23-26H/t23-,24+,25-,26-/m1/s1. The summed E-state index contributed by atoms with van der Waals surface area (Å²) >= 11 is 18.4. The van der Waals surface area contributed by atoms with Crippen LogP contribution >= 0.6 is 34.8 Å². The van der Waals surface area contributed by atoms with Crippen molar-refractivity contribution in [2.45, 2.75) is 12.1 Å². The number of Topliss-reactive ketones (excluding diaryl/α,β-unsaturated/α-hetero) is 2. The summed E-state index contributed by atoms with van der Waals surface area (Å²) in [5.74, 6) is -3.45. The third-order valence-corrected chi connectivity index (χ3v) is 8.04. The van der Waals surface area contributed by atoms with Crippen molar-refractivity contribution < 1.29 is 19.2 Å². The largest absolute Gasteiger partial charge is 0.359 e. The summed E-state index contributed by atoms with van der Waals surface area (Å²) < 4.78 is 0. The number of carbonyl (C=O) groups is 4. The summed E-state index contributed by atoms with van der Waals surface area (Å²) in [7, 11) is 0. The number of rotatable bonds is 5. The zero-order chi connectivity index (χ0) is 27.4. The molecular weight excluding hydrogens is 559 g/mol. The van der Waals surface area contributed by atoms with E-state index in [1.54, 1.807) is 71.8 Å². The highest BCUT2D eigenvalue weighted by Crippen LogP contribution is 2.47. The summed E-state index contributed by atoms with van der Waals surface area (Å²) in [6.45, 7) is 0. The van der Waals surface area contributed by atoms with Gasteiger partial charge in [-0.3, -0.25) is 19.2 Å². The fourth-order valence-electron chi connectivity index (χ4n) is 5.66. The molecule has 194 valence electrons. The average Bonchev–Trinajstić information content (AvgIpc) is 3.39. The van der Waals surface area contributed by atoms with Gasteiger partial charge in [-0.15, -0.1) is 0 Å². The molecule has 39 heavy (non-hydrogen) atoms. The molecule has 4 atom stereocenters. The van der Waals surface area contributed by atoms with E-state index in [0.29, 0.717) is 21.7 Å². The van der Waals surface area contributed by atoms with E-state index >= 15 is 0 Å². The molecule has 0 bridgehead atoms. The minimum Gasteiger partial charge on any atom is -0.359 e. The van der Waals surface area contributed by atoms with Gasteiger partial charge in [-0.05, 0) is 48.5 Å².